The Morgan fingerprint density at radius 3 is 2.19 bits per heavy atom. The number of carbonyl (C=O) groups is 3. The molecule has 0 radical (unpaired) electrons. The second kappa shape index (κ2) is 9.40. The van der Waals surface area contributed by atoms with Crippen LogP contribution in [0.2, 0.25) is 0 Å². The summed E-state index contributed by atoms with van der Waals surface area (Å²) in [5.74, 6) is -2.02. The second-order valence-electron chi connectivity index (χ2n) is 8.23. The molecule has 3 atom stereocenters. The number of aliphatic carboxylic acids is 1. The van der Waals surface area contributed by atoms with E-state index in [0.29, 0.717) is 12.8 Å². The van der Waals surface area contributed by atoms with Crippen LogP contribution in [-0.4, -0.2) is 53.0 Å². The van der Waals surface area contributed by atoms with Crippen LogP contribution < -0.4 is 10.6 Å². The minimum absolute atomic E-state index is 0.0581. The quantitative estimate of drug-likeness (QED) is 0.526. The molecule has 8 nitrogen and oxygen atoms in total. The fraction of sp³-hybridized carbons (Fsp3) is 0.375. The second-order valence-corrected chi connectivity index (χ2v) is 8.23. The minimum atomic E-state index is -1.30. The van der Waals surface area contributed by atoms with Crippen molar-refractivity contribution in [1.82, 2.24) is 10.6 Å². The number of hydrogen-bond donors (Lipinski definition) is 4. The van der Waals surface area contributed by atoms with E-state index in [1.165, 1.54) is 0 Å². The molecule has 0 aromatic heterocycles. The van der Waals surface area contributed by atoms with E-state index in [0.717, 1.165) is 28.7 Å². The van der Waals surface area contributed by atoms with Crippen molar-refractivity contribution in [3.05, 3.63) is 59.7 Å². The van der Waals surface area contributed by atoms with Crippen LogP contribution in [0.5, 0.6) is 0 Å². The lowest BCUT2D eigenvalue weighted by Gasteiger charge is -2.22. The van der Waals surface area contributed by atoms with E-state index in [-0.39, 0.29) is 12.5 Å². The Morgan fingerprint density at radius 1 is 1.00 bits per heavy atom. The van der Waals surface area contributed by atoms with E-state index in [1.54, 1.807) is 0 Å². The van der Waals surface area contributed by atoms with Crippen LogP contribution in [0.1, 0.15) is 42.7 Å². The average molecular weight is 438 g/mol. The van der Waals surface area contributed by atoms with Gasteiger partial charge in [-0.2, -0.15) is 0 Å². The predicted octanol–water partition coefficient (Wildman–Crippen LogP) is 2.40. The molecule has 8 heteroatoms. The van der Waals surface area contributed by atoms with E-state index in [2.05, 4.69) is 10.6 Å². The molecule has 0 saturated heterocycles. The molecular weight excluding hydrogens is 412 g/mol. The highest BCUT2D eigenvalue weighted by Gasteiger charge is 2.32. The topological polar surface area (TPSA) is 125 Å². The highest BCUT2D eigenvalue weighted by Crippen LogP contribution is 2.44. The van der Waals surface area contributed by atoms with Crippen LogP contribution in [0.3, 0.4) is 0 Å². The molecule has 0 aliphatic heterocycles. The number of benzene rings is 2. The number of ether oxygens (including phenoxy) is 1. The molecule has 0 heterocycles. The predicted molar refractivity (Wildman–Crippen MR) is 116 cm³/mol. The summed E-state index contributed by atoms with van der Waals surface area (Å²) in [4.78, 5) is 36.2. The third kappa shape index (κ3) is 4.60. The Balaban J connectivity index is 1.40. The fourth-order valence-electron chi connectivity index (χ4n) is 4.56. The molecule has 168 valence electrons. The maximum atomic E-state index is 12.5. The van der Waals surface area contributed by atoms with Crippen molar-refractivity contribution in [2.45, 2.75) is 49.8 Å². The number of amides is 2. The maximum Gasteiger partial charge on any atom is 0.407 e. The number of rotatable bonds is 7. The lowest BCUT2D eigenvalue weighted by atomic mass is 9.98. The van der Waals surface area contributed by atoms with Gasteiger partial charge in [0.1, 0.15) is 12.6 Å². The van der Waals surface area contributed by atoms with E-state index in [1.807, 2.05) is 48.5 Å². The molecule has 2 amide bonds. The monoisotopic (exact) mass is 438 g/mol. The number of hydrogen-bond acceptors (Lipinski definition) is 5. The normalized spacial score (nSPS) is 20.2. The first-order valence-corrected chi connectivity index (χ1v) is 10.8. The van der Waals surface area contributed by atoms with Crippen LogP contribution >= 0.6 is 0 Å². The van der Waals surface area contributed by atoms with Gasteiger partial charge in [0.25, 0.3) is 0 Å². The van der Waals surface area contributed by atoms with Crippen molar-refractivity contribution in [2.24, 2.45) is 0 Å². The molecule has 0 bridgehead atoms. The van der Waals surface area contributed by atoms with Crippen LogP contribution in [0.15, 0.2) is 48.5 Å². The molecule has 4 rings (SSSR count). The lowest BCUT2D eigenvalue weighted by Crippen LogP contribution is -2.52. The van der Waals surface area contributed by atoms with E-state index in [9.17, 15) is 19.5 Å². The zero-order valence-corrected chi connectivity index (χ0v) is 17.5. The summed E-state index contributed by atoms with van der Waals surface area (Å²) < 4.78 is 5.42. The maximum absolute atomic E-state index is 12.5. The van der Waals surface area contributed by atoms with Crippen molar-refractivity contribution in [2.75, 3.05) is 6.61 Å². The summed E-state index contributed by atoms with van der Waals surface area (Å²) >= 11 is 0. The van der Waals surface area contributed by atoms with Crippen molar-refractivity contribution in [1.29, 1.82) is 0 Å². The number of aliphatic hydroxyl groups is 1. The molecule has 1 saturated carbocycles. The molecule has 2 aliphatic rings. The molecule has 4 N–H and O–H groups in total. The van der Waals surface area contributed by atoms with Crippen molar-refractivity contribution in [3.63, 3.8) is 0 Å². The van der Waals surface area contributed by atoms with Crippen LogP contribution in [0, 0.1) is 0 Å². The highest BCUT2D eigenvalue weighted by atomic mass is 16.5. The summed E-state index contributed by atoms with van der Waals surface area (Å²) in [6.07, 6.45) is -0.153. The Bertz CT molecular complexity index is 978. The molecule has 2 aliphatic carbocycles. The van der Waals surface area contributed by atoms with E-state index >= 15 is 0 Å². The first-order chi connectivity index (χ1) is 15.4. The number of aliphatic hydroxyl groups excluding tert-OH is 1. The largest absolute Gasteiger partial charge is 0.481 e. The summed E-state index contributed by atoms with van der Waals surface area (Å²) in [7, 11) is 0. The smallest absolute Gasteiger partial charge is 0.407 e. The van der Waals surface area contributed by atoms with Crippen molar-refractivity contribution < 1.29 is 29.3 Å². The summed E-state index contributed by atoms with van der Waals surface area (Å²) in [6, 6.07) is 14.1. The summed E-state index contributed by atoms with van der Waals surface area (Å²) in [5.41, 5.74) is 4.29. The van der Waals surface area contributed by atoms with Gasteiger partial charge in [-0.3, -0.25) is 9.59 Å². The average Bonchev–Trinajstić information content (AvgIpc) is 3.32. The van der Waals surface area contributed by atoms with Crippen LogP contribution in [-0.2, 0) is 14.3 Å². The van der Waals surface area contributed by atoms with Gasteiger partial charge < -0.3 is 25.6 Å². The fourth-order valence-corrected chi connectivity index (χ4v) is 4.56. The first kappa shape index (κ1) is 21.8. The van der Waals surface area contributed by atoms with Gasteiger partial charge in [-0.15, -0.1) is 0 Å². The third-order valence-electron chi connectivity index (χ3n) is 6.14. The Hall–Kier alpha value is -3.39. The Kier molecular flexibility index (Phi) is 6.41. The Morgan fingerprint density at radius 2 is 1.62 bits per heavy atom. The van der Waals surface area contributed by atoms with Crippen LogP contribution in [0.25, 0.3) is 11.1 Å². The molecular formula is C24H26N2O6. The van der Waals surface area contributed by atoms with Crippen molar-refractivity contribution >= 4 is 18.0 Å². The summed E-state index contributed by atoms with van der Waals surface area (Å²) in [6.45, 7) is 0.0581. The first-order valence-electron chi connectivity index (χ1n) is 10.8. The van der Waals surface area contributed by atoms with E-state index in [4.69, 9.17) is 9.84 Å². The molecule has 2 aromatic carbocycles. The Labute approximate surface area is 185 Å². The molecule has 1 unspecified atom stereocenters. The summed E-state index contributed by atoms with van der Waals surface area (Å²) in [5, 5.41) is 24.1. The van der Waals surface area contributed by atoms with Gasteiger partial charge >= 0.3 is 12.1 Å². The standard InChI is InChI=1S/C24H26N2O6/c27-21-11-5-10-19(21)25-23(30)20(12-22(28)29)26-24(31)32-13-18-16-8-3-1-6-14(16)15-7-2-4-9-17(15)18/h1-4,6-9,18-21,27H,5,10-13H2,(H,25,30)(H,26,31)(H,28,29)/t19-,20?,21-/m1/s1. The molecule has 0 spiro atoms. The zero-order valence-electron chi connectivity index (χ0n) is 17.5. The van der Waals surface area contributed by atoms with Gasteiger partial charge in [0.2, 0.25) is 5.91 Å². The zero-order chi connectivity index (χ0) is 22.7. The van der Waals surface area contributed by atoms with Gasteiger partial charge in [0.15, 0.2) is 0 Å². The molecule has 32 heavy (non-hydrogen) atoms. The van der Waals surface area contributed by atoms with Crippen molar-refractivity contribution in [3.8, 4) is 11.1 Å². The number of fused-ring (bicyclic) bond motifs is 3. The third-order valence-corrected chi connectivity index (χ3v) is 6.14. The van der Waals surface area contributed by atoms with Gasteiger partial charge in [0, 0.05) is 5.92 Å². The van der Waals surface area contributed by atoms with Gasteiger partial charge in [-0.25, -0.2) is 4.79 Å². The number of carboxylic acids is 1. The van der Waals surface area contributed by atoms with Gasteiger partial charge in [0.05, 0.1) is 18.6 Å². The number of carbonyl (C=O) groups excluding carboxylic acids is 2. The van der Waals surface area contributed by atoms with Crippen LogP contribution in [0.4, 0.5) is 4.79 Å². The minimum Gasteiger partial charge on any atom is -0.481 e. The van der Waals surface area contributed by atoms with E-state index < -0.39 is 42.6 Å². The number of carboxylic acid groups (broad SMARTS) is 1. The van der Waals surface area contributed by atoms with Gasteiger partial charge in [-0.05, 0) is 41.5 Å². The highest BCUT2D eigenvalue weighted by molar-refractivity contribution is 5.89. The number of alkyl carbamates (subject to hydrolysis) is 1. The van der Waals surface area contributed by atoms with Gasteiger partial charge in [-0.1, -0.05) is 48.5 Å². The number of nitrogens with one attached hydrogen (secondary N) is 2. The molecule has 1 fully saturated rings. The lowest BCUT2D eigenvalue weighted by molar-refractivity contribution is -0.140. The SMILES string of the molecule is O=C(O)CC(NC(=O)OCC1c2ccccc2-c2ccccc21)C(=O)N[C@@H]1CCC[C@H]1O. The molecule has 2 aromatic rings.